The van der Waals surface area contributed by atoms with Gasteiger partial charge in [-0.25, -0.2) is 0 Å². The van der Waals surface area contributed by atoms with Crippen molar-refractivity contribution in [2.75, 3.05) is 0 Å². The third-order valence-electron chi connectivity index (χ3n) is 11.1. The topological polar surface area (TPSA) is 4.93 Å². The Balaban J connectivity index is 1.08. The van der Waals surface area contributed by atoms with E-state index in [0.29, 0.717) is 0 Å². The molecule has 258 valence electrons. The van der Waals surface area contributed by atoms with Crippen LogP contribution in [0.1, 0.15) is 11.1 Å². The van der Waals surface area contributed by atoms with E-state index in [2.05, 4.69) is 212 Å². The maximum Gasteiger partial charge on any atom is 0.0547 e. The molecule has 1 aromatic heterocycles. The number of allylic oxidation sites excluding steroid dienone is 2. The number of nitrogens with zero attached hydrogens (tertiary/aromatic N) is 1. The van der Waals surface area contributed by atoms with E-state index in [1.165, 1.54) is 82.0 Å². The summed E-state index contributed by atoms with van der Waals surface area (Å²) in [6.07, 6.45) is 6.31. The fourth-order valence-corrected chi connectivity index (χ4v) is 8.56. The molecule has 0 unspecified atom stereocenters. The summed E-state index contributed by atoms with van der Waals surface area (Å²) in [6, 6.07) is 66.0. The molecule has 0 aliphatic carbocycles. The number of aromatic nitrogens is 1. The van der Waals surface area contributed by atoms with E-state index in [4.69, 9.17) is 0 Å². The zero-order valence-corrected chi connectivity index (χ0v) is 30.4. The number of rotatable bonds is 7. The van der Waals surface area contributed by atoms with Gasteiger partial charge in [-0.2, -0.15) is 0 Å². The molecule has 0 saturated carbocycles. The molecule has 0 saturated heterocycles. The van der Waals surface area contributed by atoms with Gasteiger partial charge in [0.2, 0.25) is 0 Å². The second kappa shape index (κ2) is 13.3. The highest BCUT2D eigenvalue weighted by atomic mass is 15.0. The Labute approximate surface area is 321 Å². The Kier molecular flexibility index (Phi) is 7.86. The largest absolute Gasteiger partial charge is 0.310 e. The molecule has 1 heteroatoms. The Bertz CT molecular complexity index is 3100. The van der Waals surface area contributed by atoms with Gasteiger partial charge in [0.15, 0.2) is 0 Å². The highest BCUT2D eigenvalue weighted by Crippen LogP contribution is 2.45. The molecular formula is C54H37N. The van der Waals surface area contributed by atoms with E-state index in [9.17, 15) is 0 Å². The number of para-hydroxylation sites is 1. The Morgan fingerprint density at radius 1 is 0.400 bits per heavy atom. The summed E-state index contributed by atoms with van der Waals surface area (Å²) in [5.74, 6) is 0. The lowest BCUT2D eigenvalue weighted by Crippen LogP contribution is -1.94. The summed E-state index contributed by atoms with van der Waals surface area (Å²) >= 11 is 0. The number of fused-ring (bicyclic) bond motifs is 6. The second-order valence-electron chi connectivity index (χ2n) is 14.2. The first-order valence-corrected chi connectivity index (χ1v) is 18.8. The van der Waals surface area contributed by atoms with Crippen LogP contribution >= 0.6 is 0 Å². The van der Waals surface area contributed by atoms with Crippen molar-refractivity contribution in [2.45, 2.75) is 0 Å². The molecule has 0 amide bonds. The molecule has 10 aromatic rings. The van der Waals surface area contributed by atoms with E-state index in [-0.39, 0.29) is 0 Å². The molecule has 0 N–H and O–H groups in total. The minimum Gasteiger partial charge on any atom is -0.310 e. The standard InChI is InChI=1S/C54H37N/c1-3-36(2)55-51-24-14-13-19-45(51)46-34-32-41(35-52(46)55)54-49-22-11-9-20-47(49)53(48-21-10-12-23-50(48)54)40-29-26-37(27-30-40)25-28-39-31-33-43(38-15-5-4-6-16-38)44-18-8-7-17-42(39)44/h3-35H,1-2H2. The summed E-state index contributed by atoms with van der Waals surface area (Å²) in [5, 5.41) is 9.87. The first kappa shape index (κ1) is 32.4. The van der Waals surface area contributed by atoms with Crippen molar-refractivity contribution in [3.63, 3.8) is 0 Å². The normalized spacial score (nSPS) is 11.7. The quantitative estimate of drug-likeness (QED) is 0.0887. The van der Waals surface area contributed by atoms with E-state index in [1.807, 2.05) is 6.08 Å². The van der Waals surface area contributed by atoms with Gasteiger partial charge in [-0.15, -0.1) is 0 Å². The molecule has 9 aromatic carbocycles. The summed E-state index contributed by atoms with van der Waals surface area (Å²) in [7, 11) is 0. The molecule has 1 heterocycles. The highest BCUT2D eigenvalue weighted by Gasteiger charge is 2.19. The molecule has 0 atom stereocenters. The van der Waals surface area contributed by atoms with Crippen LogP contribution in [0.4, 0.5) is 0 Å². The third-order valence-corrected chi connectivity index (χ3v) is 11.1. The summed E-state index contributed by atoms with van der Waals surface area (Å²) in [5.41, 5.74) is 12.9. The van der Waals surface area contributed by atoms with Crippen LogP contribution in [0.2, 0.25) is 0 Å². The van der Waals surface area contributed by atoms with Crippen LogP contribution in [0.3, 0.4) is 0 Å². The predicted molar refractivity (Wildman–Crippen MR) is 239 cm³/mol. The zero-order chi connectivity index (χ0) is 36.9. The smallest absolute Gasteiger partial charge is 0.0547 e. The van der Waals surface area contributed by atoms with Crippen molar-refractivity contribution in [3.05, 3.63) is 212 Å². The molecule has 0 aliphatic rings. The lowest BCUT2D eigenvalue weighted by atomic mass is 9.85. The average molecular weight is 700 g/mol. The molecule has 10 rings (SSSR count). The molecule has 0 spiro atoms. The maximum absolute atomic E-state index is 4.36. The Morgan fingerprint density at radius 2 is 0.927 bits per heavy atom. The fraction of sp³-hybridized carbons (Fsp3) is 0. The molecule has 0 aliphatic heterocycles. The average Bonchev–Trinajstić information content (AvgIpc) is 3.58. The van der Waals surface area contributed by atoms with Crippen LogP contribution in [-0.2, 0) is 0 Å². The van der Waals surface area contributed by atoms with Crippen LogP contribution < -0.4 is 0 Å². The van der Waals surface area contributed by atoms with E-state index in [0.717, 1.165) is 22.3 Å². The highest BCUT2D eigenvalue weighted by molar-refractivity contribution is 6.22. The number of hydrogen-bond acceptors (Lipinski definition) is 0. The maximum atomic E-state index is 4.36. The van der Waals surface area contributed by atoms with E-state index in [1.54, 1.807) is 0 Å². The van der Waals surface area contributed by atoms with E-state index >= 15 is 0 Å². The molecular weight excluding hydrogens is 663 g/mol. The summed E-state index contributed by atoms with van der Waals surface area (Å²) < 4.78 is 2.23. The minimum absolute atomic E-state index is 0.862. The van der Waals surface area contributed by atoms with Crippen molar-refractivity contribution >= 4 is 72.0 Å². The van der Waals surface area contributed by atoms with Gasteiger partial charge in [-0.1, -0.05) is 195 Å². The molecule has 0 radical (unpaired) electrons. The second-order valence-corrected chi connectivity index (χ2v) is 14.2. The van der Waals surface area contributed by atoms with Crippen LogP contribution in [0.5, 0.6) is 0 Å². The first-order valence-electron chi connectivity index (χ1n) is 18.8. The third kappa shape index (κ3) is 5.40. The monoisotopic (exact) mass is 699 g/mol. The van der Waals surface area contributed by atoms with Crippen molar-refractivity contribution in [2.24, 2.45) is 0 Å². The summed E-state index contributed by atoms with van der Waals surface area (Å²) in [6.45, 7) is 8.42. The van der Waals surface area contributed by atoms with Crippen LogP contribution in [-0.4, -0.2) is 4.57 Å². The Morgan fingerprint density at radius 3 is 1.58 bits per heavy atom. The fourth-order valence-electron chi connectivity index (χ4n) is 8.56. The first-order chi connectivity index (χ1) is 27.2. The van der Waals surface area contributed by atoms with Gasteiger partial charge >= 0.3 is 0 Å². The van der Waals surface area contributed by atoms with Crippen LogP contribution in [0.25, 0.3) is 105 Å². The summed E-state index contributed by atoms with van der Waals surface area (Å²) in [4.78, 5) is 0. The van der Waals surface area contributed by atoms with Gasteiger partial charge in [-0.3, -0.25) is 0 Å². The zero-order valence-electron chi connectivity index (χ0n) is 30.4. The number of benzene rings is 9. The Hall–Kier alpha value is -7.22. The van der Waals surface area contributed by atoms with Gasteiger partial charge in [-0.05, 0) is 95.0 Å². The molecule has 55 heavy (non-hydrogen) atoms. The van der Waals surface area contributed by atoms with Gasteiger partial charge in [0.1, 0.15) is 0 Å². The van der Waals surface area contributed by atoms with Crippen molar-refractivity contribution in [1.29, 1.82) is 0 Å². The van der Waals surface area contributed by atoms with Crippen molar-refractivity contribution in [3.8, 4) is 33.4 Å². The van der Waals surface area contributed by atoms with Crippen molar-refractivity contribution < 1.29 is 0 Å². The molecule has 0 bridgehead atoms. The van der Waals surface area contributed by atoms with Crippen LogP contribution in [0.15, 0.2) is 201 Å². The predicted octanol–water partition coefficient (Wildman–Crippen LogP) is 15.1. The van der Waals surface area contributed by atoms with E-state index < -0.39 is 0 Å². The van der Waals surface area contributed by atoms with Gasteiger partial charge in [0.05, 0.1) is 11.0 Å². The van der Waals surface area contributed by atoms with Crippen molar-refractivity contribution in [1.82, 2.24) is 4.57 Å². The van der Waals surface area contributed by atoms with Crippen LogP contribution in [0, 0.1) is 0 Å². The number of hydrogen-bond donors (Lipinski definition) is 0. The molecule has 1 nitrogen and oxygen atoms in total. The SMILES string of the molecule is C=CC(=C)n1c2ccccc2c2ccc(-c3c4ccccc4c(-c4ccc(C=Cc5ccc(-c6ccccc6)c6ccccc56)cc4)c4ccccc34)cc21. The lowest BCUT2D eigenvalue weighted by Gasteiger charge is -2.18. The lowest BCUT2D eigenvalue weighted by molar-refractivity contribution is 1.25. The molecule has 0 fully saturated rings. The van der Waals surface area contributed by atoms with Gasteiger partial charge in [0.25, 0.3) is 0 Å². The van der Waals surface area contributed by atoms with Gasteiger partial charge < -0.3 is 4.57 Å². The van der Waals surface area contributed by atoms with Gasteiger partial charge in [0, 0.05) is 16.5 Å². The minimum atomic E-state index is 0.862.